The predicted octanol–water partition coefficient (Wildman–Crippen LogP) is 2.07. The molecule has 0 saturated heterocycles. The second kappa shape index (κ2) is 3.96. The fourth-order valence-electron chi connectivity index (χ4n) is 1.65. The molecule has 2 aromatic rings. The van der Waals surface area contributed by atoms with E-state index in [2.05, 4.69) is 5.10 Å². The van der Waals surface area contributed by atoms with Gasteiger partial charge in [-0.1, -0.05) is 18.6 Å². The van der Waals surface area contributed by atoms with Crippen molar-refractivity contribution in [2.24, 2.45) is 5.92 Å². The minimum absolute atomic E-state index is 0.406. The van der Waals surface area contributed by atoms with Crippen molar-refractivity contribution in [3.63, 3.8) is 0 Å². The van der Waals surface area contributed by atoms with Gasteiger partial charge in [0.2, 0.25) is 0 Å². The van der Waals surface area contributed by atoms with Crippen molar-refractivity contribution < 1.29 is 9.90 Å². The summed E-state index contributed by atoms with van der Waals surface area (Å²) >= 11 is 0. The SMILES string of the molecule is Cc1ccc2nn(CC(C)C(=O)O)cc2c1. The Labute approximate surface area is 93.5 Å². The minimum Gasteiger partial charge on any atom is -0.481 e. The molecule has 0 spiro atoms. The van der Waals surface area contributed by atoms with Crippen molar-refractivity contribution in [1.29, 1.82) is 0 Å². The molecule has 1 heterocycles. The summed E-state index contributed by atoms with van der Waals surface area (Å²) in [4.78, 5) is 10.7. The number of carboxylic acid groups (broad SMARTS) is 1. The summed E-state index contributed by atoms with van der Waals surface area (Å²) in [6, 6.07) is 6.00. The van der Waals surface area contributed by atoms with Gasteiger partial charge in [-0.05, 0) is 19.1 Å². The van der Waals surface area contributed by atoms with Crippen LogP contribution in [0.2, 0.25) is 0 Å². The van der Waals surface area contributed by atoms with E-state index in [1.165, 1.54) is 5.56 Å². The molecule has 0 amide bonds. The fourth-order valence-corrected chi connectivity index (χ4v) is 1.65. The number of aromatic nitrogens is 2. The van der Waals surface area contributed by atoms with Crippen molar-refractivity contribution in [2.75, 3.05) is 0 Å². The zero-order valence-electron chi connectivity index (χ0n) is 9.34. The Balaban J connectivity index is 2.29. The van der Waals surface area contributed by atoms with Crippen molar-refractivity contribution in [1.82, 2.24) is 9.78 Å². The van der Waals surface area contributed by atoms with Crippen LogP contribution in [0, 0.1) is 12.8 Å². The third kappa shape index (κ3) is 2.05. The Hall–Kier alpha value is -1.84. The summed E-state index contributed by atoms with van der Waals surface area (Å²) in [6.07, 6.45) is 1.89. The number of aryl methyl sites for hydroxylation is 1. The molecule has 0 radical (unpaired) electrons. The van der Waals surface area contributed by atoms with E-state index < -0.39 is 11.9 Å². The van der Waals surface area contributed by atoms with Crippen LogP contribution in [-0.4, -0.2) is 20.9 Å². The highest BCUT2D eigenvalue weighted by molar-refractivity contribution is 5.78. The minimum atomic E-state index is -0.796. The summed E-state index contributed by atoms with van der Waals surface area (Å²) in [5, 5.41) is 14.2. The highest BCUT2D eigenvalue weighted by atomic mass is 16.4. The number of fused-ring (bicyclic) bond motifs is 1. The molecular formula is C12H14N2O2. The van der Waals surface area contributed by atoms with Gasteiger partial charge in [0.15, 0.2) is 0 Å². The lowest BCUT2D eigenvalue weighted by Crippen LogP contribution is -2.16. The number of hydrogen-bond donors (Lipinski definition) is 1. The number of carboxylic acids is 1. The summed E-state index contributed by atoms with van der Waals surface area (Å²) in [5.74, 6) is -1.22. The third-order valence-corrected chi connectivity index (χ3v) is 2.59. The summed E-state index contributed by atoms with van der Waals surface area (Å²) in [7, 11) is 0. The molecule has 84 valence electrons. The predicted molar refractivity (Wildman–Crippen MR) is 61.3 cm³/mol. The van der Waals surface area contributed by atoms with E-state index in [4.69, 9.17) is 5.11 Å². The second-order valence-corrected chi connectivity index (χ2v) is 4.15. The molecule has 2 rings (SSSR count). The Kier molecular flexibility index (Phi) is 2.64. The molecule has 4 heteroatoms. The number of rotatable bonds is 3. The maximum atomic E-state index is 10.7. The lowest BCUT2D eigenvalue weighted by atomic mass is 10.2. The molecule has 0 bridgehead atoms. The molecule has 1 N–H and O–H groups in total. The van der Waals surface area contributed by atoms with Crippen LogP contribution < -0.4 is 0 Å². The number of nitrogens with zero attached hydrogens (tertiary/aromatic N) is 2. The molecule has 0 aliphatic rings. The van der Waals surface area contributed by atoms with Crippen LogP contribution in [0.15, 0.2) is 24.4 Å². The molecule has 0 aliphatic heterocycles. The topological polar surface area (TPSA) is 55.1 Å². The molecule has 0 aliphatic carbocycles. The molecule has 1 aromatic carbocycles. The van der Waals surface area contributed by atoms with E-state index in [9.17, 15) is 4.79 Å². The standard InChI is InChI=1S/C12H14N2O2/c1-8-3-4-11-10(5-8)7-14(13-11)6-9(2)12(15)16/h3-5,7,9H,6H2,1-2H3,(H,15,16). The van der Waals surface area contributed by atoms with Gasteiger partial charge < -0.3 is 5.11 Å². The van der Waals surface area contributed by atoms with E-state index >= 15 is 0 Å². The molecule has 0 saturated carbocycles. The first-order chi connectivity index (χ1) is 7.56. The monoisotopic (exact) mass is 218 g/mol. The van der Waals surface area contributed by atoms with E-state index in [1.807, 2.05) is 31.3 Å². The van der Waals surface area contributed by atoms with Crippen LogP contribution in [0.5, 0.6) is 0 Å². The van der Waals surface area contributed by atoms with Crippen LogP contribution >= 0.6 is 0 Å². The Morgan fingerprint density at radius 3 is 3.00 bits per heavy atom. The van der Waals surface area contributed by atoms with Gasteiger partial charge in [0.05, 0.1) is 18.0 Å². The van der Waals surface area contributed by atoms with Crippen molar-refractivity contribution in [3.8, 4) is 0 Å². The summed E-state index contributed by atoms with van der Waals surface area (Å²) in [6.45, 7) is 4.11. The highest BCUT2D eigenvalue weighted by Crippen LogP contribution is 2.14. The Morgan fingerprint density at radius 1 is 1.56 bits per heavy atom. The van der Waals surface area contributed by atoms with Crippen molar-refractivity contribution in [2.45, 2.75) is 20.4 Å². The van der Waals surface area contributed by atoms with Crippen LogP contribution in [0.4, 0.5) is 0 Å². The summed E-state index contributed by atoms with van der Waals surface area (Å²) in [5.41, 5.74) is 2.08. The van der Waals surface area contributed by atoms with Crippen molar-refractivity contribution >= 4 is 16.9 Å². The molecule has 1 aromatic heterocycles. The Bertz CT molecular complexity index is 531. The average Bonchev–Trinajstić information content (AvgIpc) is 2.58. The largest absolute Gasteiger partial charge is 0.481 e. The van der Waals surface area contributed by atoms with E-state index in [1.54, 1.807) is 11.6 Å². The van der Waals surface area contributed by atoms with Crippen LogP contribution in [0.25, 0.3) is 10.9 Å². The van der Waals surface area contributed by atoms with Gasteiger partial charge in [0.25, 0.3) is 0 Å². The van der Waals surface area contributed by atoms with Crippen molar-refractivity contribution in [3.05, 3.63) is 30.0 Å². The molecule has 0 fully saturated rings. The summed E-state index contributed by atoms with van der Waals surface area (Å²) < 4.78 is 1.70. The number of carbonyl (C=O) groups is 1. The van der Waals surface area contributed by atoms with Gasteiger partial charge in [0, 0.05) is 11.6 Å². The van der Waals surface area contributed by atoms with Gasteiger partial charge in [-0.25, -0.2) is 0 Å². The molecule has 1 unspecified atom stereocenters. The van der Waals surface area contributed by atoms with Crippen LogP contribution in [0.3, 0.4) is 0 Å². The lowest BCUT2D eigenvalue weighted by molar-refractivity contribution is -0.141. The van der Waals surface area contributed by atoms with E-state index in [0.29, 0.717) is 6.54 Å². The zero-order chi connectivity index (χ0) is 11.7. The average molecular weight is 218 g/mol. The van der Waals surface area contributed by atoms with Gasteiger partial charge in [-0.3, -0.25) is 9.48 Å². The van der Waals surface area contributed by atoms with Crippen LogP contribution in [0.1, 0.15) is 12.5 Å². The Morgan fingerprint density at radius 2 is 2.31 bits per heavy atom. The molecule has 16 heavy (non-hydrogen) atoms. The highest BCUT2D eigenvalue weighted by Gasteiger charge is 2.12. The maximum absolute atomic E-state index is 10.7. The van der Waals surface area contributed by atoms with Gasteiger partial charge >= 0.3 is 5.97 Å². The third-order valence-electron chi connectivity index (χ3n) is 2.59. The smallest absolute Gasteiger partial charge is 0.308 e. The number of benzene rings is 1. The first kappa shape index (κ1) is 10.7. The first-order valence-corrected chi connectivity index (χ1v) is 5.23. The molecular weight excluding hydrogens is 204 g/mol. The zero-order valence-corrected chi connectivity index (χ0v) is 9.34. The lowest BCUT2D eigenvalue weighted by Gasteiger charge is -2.04. The number of hydrogen-bond acceptors (Lipinski definition) is 2. The van der Waals surface area contributed by atoms with E-state index in [0.717, 1.165) is 10.9 Å². The maximum Gasteiger partial charge on any atom is 0.308 e. The van der Waals surface area contributed by atoms with E-state index in [-0.39, 0.29) is 0 Å². The fraction of sp³-hybridized carbons (Fsp3) is 0.333. The molecule has 4 nitrogen and oxygen atoms in total. The first-order valence-electron chi connectivity index (χ1n) is 5.23. The van der Waals surface area contributed by atoms with Gasteiger partial charge in [0.1, 0.15) is 0 Å². The van der Waals surface area contributed by atoms with Gasteiger partial charge in [-0.15, -0.1) is 0 Å². The second-order valence-electron chi connectivity index (χ2n) is 4.15. The van der Waals surface area contributed by atoms with Gasteiger partial charge in [-0.2, -0.15) is 5.10 Å². The quantitative estimate of drug-likeness (QED) is 0.858. The molecule has 1 atom stereocenters. The normalized spacial score (nSPS) is 12.9. The van der Waals surface area contributed by atoms with Crippen LogP contribution in [-0.2, 0) is 11.3 Å². The number of aliphatic carboxylic acids is 1.